The molecule has 0 radical (unpaired) electrons. The summed E-state index contributed by atoms with van der Waals surface area (Å²) in [7, 11) is 0. The summed E-state index contributed by atoms with van der Waals surface area (Å²) >= 11 is 11.8. The molecule has 0 aliphatic heterocycles. The third kappa shape index (κ3) is 6.40. The normalized spacial score (nSPS) is 11.6. The summed E-state index contributed by atoms with van der Waals surface area (Å²) in [5.74, 6) is -2.52. The van der Waals surface area contributed by atoms with E-state index in [1.54, 1.807) is 6.92 Å². The molecule has 0 aliphatic rings. The second-order valence-electron chi connectivity index (χ2n) is 3.76. The van der Waals surface area contributed by atoms with Crippen LogP contribution < -0.4 is 0 Å². The van der Waals surface area contributed by atoms with Crippen LogP contribution in [0.3, 0.4) is 0 Å². The van der Waals surface area contributed by atoms with Crippen molar-refractivity contribution in [2.75, 3.05) is 13.2 Å². The van der Waals surface area contributed by atoms with Crippen LogP contribution in [-0.4, -0.2) is 43.7 Å². The van der Waals surface area contributed by atoms with Crippen molar-refractivity contribution in [2.24, 2.45) is 5.41 Å². The molecule has 0 aromatic rings. The quantitative estimate of drug-likeness (QED) is 0.371. The Morgan fingerprint density at radius 1 is 1.00 bits per heavy atom. The maximum absolute atomic E-state index is 11.4. The molecule has 0 rings (SSSR count). The summed E-state index contributed by atoms with van der Waals surface area (Å²) < 4.78 is 8.32. The first-order valence-corrected chi connectivity index (χ1v) is 8.95. The maximum Gasteiger partial charge on any atom is 0.330 e. The third-order valence-electron chi connectivity index (χ3n) is 2.47. The van der Waals surface area contributed by atoms with Gasteiger partial charge in [-0.05, 0) is 6.42 Å². The molecule has 0 aromatic heterocycles. The van der Waals surface area contributed by atoms with Crippen LogP contribution in [0.25, 0.3) is 0 Å². The molecule has 0 unspecified atom stereocenters. The molecule has 20 heavy (non-hydrogen) atoms. The molecule has 0 amide bonds. The van der Waals surface area contributed by atoms with Gasteiger partial charge in [0.1, 0.15) is 18.6 Å². The number of aliphatic carboxylic acids is 1. The molecule has 0 spiro atoms. The molecule has 1 N–H and O–H groups in total. The third-order valence-corrected chi connectivity index (χ3v) is 3.96. The molecule has 0 saturated heterocycles. The number of esters is 2. The van der Waals surface area contributed by atoms with Gasteiger partial charge in [-0.1, -0.05) is 70.6 Å². The van der Waals surface area contributed by atoms with E-state index < -0.39 is 44.0 Å². The minimum Gasteiger partial charge on any atom is -0.481 e. The van der Waals surface area contributed by atoms with Gasteiger partial charge in [-0.3, -0.25) is 4.79 Å². The summed E-state index contributed by atoms with van der Waals surface area (Å²) in [5, 5.41) is 9.30. The summed E-state index contributed by atoms with van der Waals surface area (Å²) in [6, 6.07) is 0. The number of carbonyl (C=O) groups excluding carboxylic acids is 2. The first-order valence-electron chi connectivity index (χ1n) is 5.29. The molecule has 0 aliphatic carbocycles. The van der Waals surface area contributed by atoms with Gasteiger partial charge in [-0.2, -0.15) is 0 Å². The fourth-order valence-corrected chi connectivity index (χ4v) is 1.59. The Labute approximate surface area is 149 Å². The lowest BCUT2D eigenvalue weighted by atomic mass is 9.87. The molecule has 0 fully saturated rings. The lowest BCUT2D eigenvalue weighted by Gasteiger charge is -2.27. The van der Waals surface area contributed by atoms with E-state index in [1.807, 2.05) is 0 Å². The van der Waals surface area contributed by atoms with Gasteiger partial charge in [0.15, 0.2) is 7.47 Å². The van der Waals surface area contributed by atoms with E-state index in [1.165, 1.54) is 0 Å². The van der Waals surface area contributed by atoms with E-state index in [9.17, 15) is 19.5 Å². The largest absolute Gasteiger partial charge is 0.481 e. The molecule has 6 nitrogen and oxygen atoms in total. The Balaban J connectivity index is 4.79. The zero-order valence-electron chi connectivity index (χ0n) is 10.3. The van der Waals surface area contributed by atoms with Gasteiger partial charge in [0.2, 0.25) is 0 Å². The number of carboxylic acid groups (broad SMARTS) is 1. The van der Waals surface area contributed by atoms with E-state index in [-0.39, 0.29) is 6.42 Å². The first kappa shape index (κ1) is 20.3. The van der Waals surface area contributed by atoms with E-state index in [0.717, 1.165) is 0 Å². The summed E-state index contributed by atoms with van der Waals surface area (Å²) in [6.45, 7) is 0.817. The Hall–Kier alpha value is 0.330. The van der Waals surface area contributed by atoms with Crippen LogP contribution in [0, 0.1) is 5.41 Å². The number of halogens is 4. The fraction of sp³-hybridized carbons (Fsp3) is 0.700. The summed E-state index contributed by atoms with van der Waals surface area (Å²) in [6.07, 6.45) is 0.132. The molecule has 0 heterocycles. The molecule has 10 heteroatoms. The van der Waals surface area contributed by atoms with Crippen LogP contribution in [0.5, 0.6) is 0 Å². The zero-order chi connectivity index (χ0) is 15.9. The number of alkyl halides is 4. The molecule has 116 valence electrons. The van der Waals surface area contributed by atoms with Crippen molar-refractivity contribution in [3.63, 3.8) is 0 Å². The van der Waals surface area contributed by atoms with Crippen molar-refractivity contribution in [1.82, 2.24) is 0 Å². The zero-order valence-corrected chi connectivity index (χ0v) is 16.6. The van der Waals surface area contributed by atoms with Gasteiger partial charge in [0, 0.05) is 0 Å². The monoisotopic (exact) mass is 544 g/mol. The van der Waals surface area contributed by atoms with Crippen LogP contribution in [0.2, 0.25) is 0 Å². The van der Waals surface area contributed by atoms with E-state index in [2.05, 4.69) is 63.7 Å². The molecule has 0 aromatic carbocycles. The minimum absolute atomic E-state index is 0.132. The molecule has 0 saturated carbocycles. The lowest BCUT2D eigenvalue weighted by Crippen LogP contribution is -2.42. The van der Waals surface area contributed by atoms with Crippen molar-refractivity contribution >= 4 is 81.6 Å². The van der Waals surface area contributed by atoms with Crippen LogP contribution in [0.4, 0.5) is 0 Å². The highest BCUT2D eigenvalue weighted by atomic mass is 79.9. The predicted molar refractivity (Wildman–Crippen MR) is 85.6 cm³/mol. The van der Waals surface area contributed by atoms with E-state index in [4.69, 9.17) is 9.47 Å². The predicted octanol–water partition coefficient (Wildman–Crippen LogP) is 2.79. The SMILES string of the molecule is CCC(COC(=O)C(Br)Br)(COC(=O)C(Br)Br)C(=O)O. The Morgan fingerprint density at radius 2 is 1.35 bits per heavy atom. The fourth-order valence-electron chi connectivity index (χ4n) is 1.07. The number of hydrogen-bond donors (Lipinski definition) is 1. The first-order chi connectivity index (χ1) is 9.16. The minimum atomic E-state index is -1.48. The van der Waals surface area contributed by atoms with E-state index >= 15 is 0 Å². The van der Waals surface area contributed by atoms with Crippen molar-refractivity contribution < 1.29 is 29.0 Å². The molecular formula is C10H12Br4O6. The number of carbonyl (C=O) groups is 3. The van der Waals surface area contributed by atoms with Gasteiger partial charge in [-0.25, -0.2) is 9.59 Å². The summed E-state index contributed by atoms with van der Waals surface area (Å²) in [4.78, 5) is 34.1. The summed E-state index contributed by atoms with van der Waals surface area (Å²) in [5.41, 5.74) is -1.48. The smallest absolute Gasteiger partial charge is 0.330 e. The van der Waals surface area contributed by atoms with Gasteiger partial charge < -0.3 is 14.6 Å². The Kier molecular flexibility index (Phi) is 9.52. The number of carboxylic acids is 1. The van der Waals surface area contributed by atoms with Crippen LogP contribution >= 0.6 is 63.7 Å². The number of ether oxygens (including phenoxy) is 2. The van der Waals surface area contributed by atoms with Gasteiger partial charge >= 0.3 is 17.9 Å². The highest BCUT2D eigenvalue weighted by Gasteiger charge is 2.40. The van der Waals surface area contributed by atoms with Gasteiger partial charge in [-0.15, -0.1) is 0 Å². The average molecular weight is 548 g/mol. The van der Waals surface area contributed by atoms with Crippen molar-refractivity contribution in [1.29, 1.82) is 0 Å². The second-order valence-corrected chi connectivity index (χ2v) is 9.88. The second kappa shape index (κ2) is 9.37. The average Bonchev–Trinajstić information content (AvgIpc) is 2.37. The highest BCUT2D eigenvalue weighted by molar-refractivity contribution is 9.25. The van der Waals surface area contributed by atoms with Crippen LogP contribution in [0.15, 0.2) is 0 Å². The van der Waals surface area contributed by atoms with Crippen LogP contribution in [0.1, 0.15) is 13.3 Å². The van der Waals surface area contributed by atoms with Crippen molar-refractivity contribution in [2.45, 2.75) is 20.8 Å². The topological polar surface area (TPSA) is 89.9 Å². The Morgan fingerprint density at radius 3 is 1.55 bits per heavy atom. The molecular weight excluding hydrogens is 536 g/mol. The van der Waals surface area contributed by atoms with Gasteiger partial charge in [0.25, 0.3) is 0 Å². The number of hydrogen-bond acceptors (Lipinski definition) is 5. The number of rotatable bonds is 8. The Bertz CT molecular complexity index is 347. The molecule has 0 bridgehead atoms. The standard InChI is InChI=1S/C10H12Br4O6/c1-2-10(9(17)18,3-19-7(15)5(11)12)4-20-8(16)6(13)14/h5-6H,2-4H2,1H3,(H,17,18). The van der Waals surface area contributed by atoms with Crippen LogP contribution in [-0.2, 0) is 23.9 Å². The molecule has 0 atom stereocenters. The van der Waals surface area contributed by atoms with Crippen molar-refractivity contribution in [3.8, 4) is 0 Å². The lowest BCUT2D eigenvalue weighted by molar-refractivity contribution is -0.166. The van der Waals surface area contributed by atoms with E-state index in [0.29, 0.717) is 0 Å². The van der Waals surface area contributed by atoms with Gasteiger partial charge in [0.05, 0.1) is 0 Å². The maximum atomic E-state index is 11.4. The highest BCUT2D eigenvalue weighted by Crippen LogP contribution is 2.25. The van der Waals surface area contributed by atoms with Crippen molar-refractivity contribution in [3.05, 3.63) is 0 Å².